The molecule has 2 fully saturated rings. The van der Waals surface area contributed by atoms with Crippen molar-refractivity contribution in [2.75, 3.05) is 20.2 Å². The highest BCUT2D eigenvalue weighted by atomic mass is 19.4. The van der Waals surface area contributed by atoms with Crippen molar-refractivity contribution in [1.82, 2.24) is 19.6 Å². The number of aliphatic carboxylic acids is 1. The van der Waals surface area contributed by atoms with Gasteiger partial charge >= 0.3 is 12.1 Å². The molecular weight excluding hydrogens is 429 g/mol. The number of carboxylic acid groups (broad SMARTS) is 1. The van der Waals surface area contributed by atoms with Crippen molar-refractivity contribution in [3.63, 3.8) is 0 Å². The lowest BCUT2D eigenvalue weighted by atomic mass is 10.1. The number of nitrogens with zero attached hydrogens (tertiary/aromatic N) is 4. The number of hydrogen-bond donors (Lipinski definition) is 1. The van der Waals surface area contributed by atoms with E-state index in [1.165, 1.54) is 5.56 Å². The van der Waals surface area contributed by atoms with Crippen LogP contribution < -0.4 is 4.74 Å². The molecule has 11 heteroatoms. The van der Waals surface area contributed by atoms with E-state index in [9.17, 15) is 18.0 Å². The average Bonchev–Trinajstić information content (AvgIpc) is 3.45. The summed E-state index contributed by atoms with van der Waals surface area (Å²) in [5.74, 6) is -1.91. The molecule has 1 N–H and O–H groups in total. The zero-order valence-corrected chi connectivity index (χ0v) is 17.7. The lowest BCUT2D eigenvalue weighted by Crippen LogP contribution is -2.39. The molecule has 2 aliphatic heterocycles. The van der Waals surface area contributed by atoms with Crippen LogP contribution in [0.5, 0.6) is 5.75 Å². The highest BCUT2D eigenvalue weighted by Crippen LogP contribution is 2.33. The van der Waals surface area contributed by atoms with Gasteiger partial charge in [-0.2, -0.15) is 18.3 Å². The largest absolute Gasteiger partial charge is 0.497 e. The molecule has 32 heavy (non-hydrogen) atoms. The Bertz CT molecular complexity index is 963. The Morgan fingerprint density at radius 2 is 1.91 bits per heavy atom. The number of carbonyl (C=O) groups excluding carboxylic acids is 1. The van der Waals surface area contributed by atoms with Gasteiger partial charge in [0, 0.05) is 56.1 Å². The van der Waals surface area contributed by atoms with E-state index in [1.807, 2.05) is 42.2 Å². The quantitative estimate of drug-likeness (QED) is 0.764. The highest BCUT2D eigenvalue weighted by molar-refractivity contribution is 5.95. The van der Waals surface area contributed by atoms with Gasteiger partial charge in [0.15, 0.2) is 0 Å². The lowest BCUT2D eigenvalue weighted by Gasteiger charge is -2.25. The van der Waals surface area contributed by atoms with E-state index in [0.29, 0.717) is 17.6 Å². The Kier molecular flexibility index (Phi) is 7.07. The minimum Gasteiger partial charge on any atom is -0.497 e. The van der Waals surface area contributed by atoms with Crippen molar-refractivity contribution in [2.24, 2.45) is 7.05 Å². The molecule has 3 heterocycles. The number of methoxy groups -OCH3 is 1. The van der Waals surface area contributed by atoms with Gasteiger partial charge in [-0.15, -0.1) is 0 Å². The molecule has 174 valence electrons. The number of rotatable bonds is 4. The van der Waals surface area contributed by atoms with Crippen molar-refractivity contribution in [3.8, 4) is 5.75 Å². The predicted octanol–water partition coefficient (Wildman–Crippen LogP) is 2.55. The molecule has 2 atom stereocenters. The lowest BCUT2D eigenvalue weighted by molar-refractivity contribution is -0.192. The maximum absolute atomic E-state index is 13.0. The molecule has 0 unspecified atom stereocenters. The smallest absolute Gasteiger partial charge is 0.490 e. The number of likely N-dealkylation sites (tertiary alicyclic amines) is 2. The first-order valence-electron chi connectivity index (χ1n) is 10.1. The van der Waals surface area contributed by atoms with Crippen LogP contribution in [0.4, 0.5) is 13.2 Å². The van der Waals surface area contributed by atoms with Crippen LogP contribution in [0.25, 0.3) is 0 Å². The number of fused-ring (bicyclic) bond motifs is 1. The van der Waals surface area contributed by atoms with E-state index >= 15 is 0 Å². The summed E-state index contributed by atoms with van der Waals surface area (Å²) in [6, 6.07) is 8.22. The fraction of sp³-hybridized carbons (Fsp3) is 0.476. The summed E-state index contributed by atoms with van der Waals surface area (Å²) < 4.78 is 38.8. The summed E-state index contributed by atoms with van der Waals surface area (Å²) in [6.45, 7) is 2.78. The van der Waals surface area contributed by atoms with E-state index < -0.39 is 12.1 Å². The first-order valence-corrected chi connectivity index (χ1v) is 10.1. The number of hydrogen-bond acceptors (Lipinski definition) is 5. The maximum atomic E-state index is 13.0. The zero-order chi connectivity index (χ0) is 23.5. The van der Waals surface area contributed by atoms with Crippen molar-refractivity contribution in [1.29, 1.82) is 0 Å². The van der Waals surface area contributed by atoms with Crippen LogP contribution in [-0.4, -0.2) is 75.0 Å². The molecule has 2 aromatic rings. The molecule has 1 aromatic heterocycles. The van der Waals surface area contributed by atoms with Gasteiger partial charge in [0.25, 0.3) is 5.91 Å². The first kappa shape index (κ1) is 23.6. The number of carbonyl (C=O) groups is 2. The Balaban J connectivity index is 0.000000360. The van der Waals surface area contributed by atoms with E-state index in [0.717, 1.165) is 38.2 Å². The summed E-state index contributed by atoms with van der Waals surface area (Å²) in [5, 5.41) is 11.4. The summed E-state index contributed by atoms with van der Waals surface area (Å²) in [4.78, 5) is 26.4. The van der Waals surface area contributed by atoms with Gasteiger partial charge in [-0.25, -0.2) is 4.79 Å². The summed E-state index contributed by atoms with van der Waals surface area (Å²) >= 11 is 0. The van der Waals surface area contributed by atoms with Crippen LogP contribution in [-0.2, 0) is 18.4 Å². The Hall–Kier alpha value is -3.08. The van der Waals surface area contributed by atoms with Crippen molar-refractivity contribution in [3.05, 3.63) is 47.8 Å². The number of aryl methyl sites for hydroxylation is 1. The van der Waals surface area contributed by atoms with Crippen LogP contribution in [0.15, 0.2) is 36.7 Å². The van der Waals surface area contributed by atoms with Gasteiger partial charge in [0.05, 0.1) is 13.3 Å². The molecule has 1 amide bonds. The number of carboxylic acids is 1. The van der Waals surface area contributed by atoms with Crippen molar-refractivity contribution >= 4 is 11.9 Å². The second kappa shape index (κ2) is 9.60. The van der Waals surface area contributed by atoms with Gasteiger partial charge in [0.1, 0.15) is 5.75 Å². The number of alkyl halides is 3. The number of benzene rings is 1. The van der Waals surface area contributed by atoms with Crippen LogP contribution >= 0.6 is 0 Å². The minimum absolute atomic E-state index is 0.120. The second-order valence-electron chi connectivity index (χ2n) is 7.74. The standard InChI is InChI=1S/C19H24N4O2.C2HF3O2/c1-21-12-14(11-20-21)13-22-8-6-18-17(22)7-9-23(18)19(24)15-4-3-5-16(10-15)25-2;3-2(4,5)1(6)7/h3-5,10-12,17-18H,6-9,13H2,1-2H3;(H,6,7)/t17-,18+;/m0./s1. The molecule has 1 aromatic carbocycles. The normalized spacial score (nSPS) is 20.5. The topological polar surface area (TPSA) is 87.9 Å². The van der Waals surface area contributed by atoms with E-state index in [2.05, 4.69) is 21.1 Å². The average molecular weight is 454 g/mol. The fourth-order valence-electron chi connectivity index (χ4n) is 4.23. The number of aromatic nitrogens is 2. The first-order chi connectivity index (χ1) is 15.1. The van der Waals surface area contributed by atoms with Gasteiger partial charge in [-0.05, 0) is 31.0 Å². The van der Waals surface area contributed by atoms with Crippen LogP contribution in [0.1, 0.15) is 28.8 Å². The third kappa shape index (κ3) is 5.39. The zero-order valence-electron chi connectivity index (χ0n) is 17.7. The molecule has 0 bridgehead atoms. The molecule has 0 radical (unpaired) electrons. The number of ether oxygens (including phenoxy) is 1. The van der Waals surface area contributed by atoms with Gasteiger partial charge in [0.2, 0.25) is 0 Å². The fourth-order valence-corrected chi connectivity index (χ4v) is 4.23. The molecule has 2 saturated heterocycles. The van der Waals surface area contributed by atoms with Gasteiger partial charge in [-0.3, -0.25) is 14.4 Å². The third-order valence-electron chi connectivity index (χ3n) is 5.66. The molecule has 0 aliphatic carbocycles. The molecule has 4 rings (SSSR count). The maximum Gasteiger partial charge on any atom is 0.490 e. The van der Waals surface area contributed by atoms with Crippen molar-refractivity contribution in [2.45, 2.75) is 37.6 Å². The summed E-state index contributed by atoms with van der Waals surface area (Å²) in [6.07, 6.45) is 1.00. The molecule has 0 spiro atoms. The second-order valence-corrected chi connectivity index (χ2v) is 7.74. The SMILES string of the molecule is COc1cccc(C(=O)N2CC[C@H]3[C@H]2CCN3Cc2cnn(C)c2)c1.O=C(O)C(F)(F)F. The molecular formula is C21H25F3N4O4. The molecule has 0 saturated carbocycles. The van der Waals surface area contributed by atoms with Gasteiger partial charge in [-0.1, -0.05) is 6.07 Å². The summed E-state index contributed by atoms with van der Waals surface area (Å²) in [5.41, 5.74) is 1.95. The highest BCUT2D eigenvalue weighted by Gasteiger charge is 2.44. The van der Waals surface area contributed by atoms with E-state index in [4.69, 9.17) is 14.6 Å². The molecule has 8 nitrogen and oxygen atoms in total. The number of amides is 1. The predicted molar refractivity (Wildman–Crippen MR) is 108 cm³/mol. The minimum atomic E-state index is -5.08. The monoisotopic (exact) mass is 454 g/mol. The Morgan fingerprint density at radius 1 is 1.22 bits per heavy atom. The number of halogens is 3. The molecule has 2 aliphatic rings. The third-order valence-corrected chi connectivity index (χ3v) is 5.66. The van der Waals surface area contributed by atoms with Gasteiger partial charge < -0.3 is 14.7 Å². The van der Waals surface area contributed by atoms with E-state index in [-0.39, 0.29) is 5.91 Å². The van der Waals surface area contributed by atoms with Crippen LogP contribution in [0.3, 0.4) is 0 Å². The Labute approximate surface area is 183 Å². The van der Waals surface area contributed by atoms with E-state index in [1.54, 1.807) is 7.11 Å². The van der Waals surface area contributed by atoms with Crippen molar-refractivity contribution < 1.29 is 32.6 Å². The van der Waals surface area contributed by atoms with Crippen LogP contribution in [0, 0.1) is 0 Å². The van der Waals surface area contributed by atoms with Crippen LogP contribution in [0.2, 0.25) is 0 Å². The summed E-state index contributed by atoms with van der Waals surface area (Å²) in [7, 11) is 3.57. The Morgan fingerprint density at radius 3 is 2.50 bits per heavy atom.